The van der Waals surface area contributed by atoms with Crippen LogP contribution in [0.1, 0.15) is 11.3 Å². The number of alkyl halides is 3. The second-order valence-corrected chi connectivity index (χ2v) is 8.19. The average Bonchev–Trinajstić information content (AvgIpc) is 2.78. The van der Waals surface area contributed by atoms with Crippen molar-refractivity contribution in [2.75, 3.05) is 40.3 Å². The van der Waals surface area contributed by atoms with Crippen LogP contribution in [0.25, 0.3) is 11.0 Å². The normalized spacial score (nSPS) is 18.9. The van der Waals surface area contributed by atoms with E-state index in [0.29, 0.717) is 5.75 Å². The Morgan fingerprint density at radius 3 is 2.27 bits per heavy atom. The maximum absolute atomic E-state index is 13.9. The first-order valence-electron chi connectivity index (χ1n) is 10.5. The van der Waals surface area contributed by atoms with Crippen LogP contribution in [0.2, 0.25) is 0 Å². The number of nitrogens with one attached hydrogen (secondary N) is 2. The molecule has 3 aromatic rings. The van der Waals surface area contributed by atoms with E-state index in [2.05, 4.69) is 7.05 Å². The Morgan fingerprint density at radius 1 is 1.03 bits per heavy atom. The average molecular weight is 466 g/mol. The zero-order valence-corrected chi connectivity index (χ0v) is 18.2. The third-order valence-corrected chi connectivity index (χ3v) is 5.87. The number of likely N-dealkylation sites (N-methyl/N-ethyl adjacent to an activating group) is 1. The number of fused-ring (bicyclic) bond motifs is 1. The minimum Gasteiger partial charge on any atom is -0.507 e. The third-order valence-electron chi connectivity index (χ3n) is 5.87. The lowest BCUT2D eigenvalue weighted by Crippen LogP contribution is -3.26. The molecule has 4 rings (SSSR count). The fourth-order valence-electron chi connectivity index (χ4n) is 3.96. The summed E-state index contributed by atoms with van der Waals surface area (Å²) in [6, 6.07) is 8.35. The summed E-state index contributed by atoms with van der Waals surface area (Å²) in [6.07, 6.45) is -4.98. The highest BCUT2D eigenvalue weighted by Crippen LogP contribution is 2.39. The lowest BCUT2D eigenvalue weighted by Gasteiger charge is -2.27. The second kappa shape index (κ2) is 8.95. The lowest BCUT2D eigenvalue weighted by atomic mass is 10.1. The van der Waals surface area contributed by atoms with Crippen molar-refractivity contribution in [3.05, 3.63) is 57.9 Å². The molecule has 7 nitrogen and oxygen atoms in total. The molecule has 1 aromatic heterocycles. The zero-order chi connectivity index (χ0) is 23.8. The van der Waals surface area contributed by atoms with Gasteiger partial charge in [0.1, 0.15) is 50.0 Å². The van der Waals surface area contributed by atoms with Crippen molar-refractivity contribution < 1.29 is 42.0 Å². The molecule has 0 saturated carbocycles. The van der Waals surface area contributed by atoms with Gasteiger partial charge in [-0.15, -0.1) is 0 Å². The number of hydrogen-bond donors (Lipinski definition) is 3. The van der Waals surface area contributed by atoms with Gasteiger partial charge in [-0.05, 0) is 36.4 Å². The molecule has 1 fully saturated rings. The number of phenolic OH excluding ortho intramolecular Hbond substituents is 1. The molecule has 1 saturated heterocycles. The van der Waals surface area contributed by atoms with E-state index in [9.17, 15) is 23.1 Å². The fraction of sp³-hybridized carbons (Fsp3) is 0.348. The maximum atomic E-state index is 13.9. The van der Waals surface area contributed by atoms with Crippen molar-refractivity contribution in [2.45, 2.75) is 12.7 Å². The predicted octanol–water partition coefficient (Wildman–Crippen LogP) is 1.23. The number of piperazine rings is 1. The molecule has 10 heteroatoms. The van der Waals surface area contributed by atoms with Crippen molar-refractivity contribution in [1.29, 1.82) is 0 Å². The number of hydrogen-bond acceptors (Lipinski definition) is 5. The Bertz CT molecular complexity index is 1200. The number of benzene rings is 2. The molecule has 0 atom stereocenters. The van der Waals surface area contributed by atoms with Gasteiger partial charge in [-0.1, -0.05) is 0 Å². The van der Waals surface area contributed by atoms with Gasteiger partial charge in [0.05, 0.1) is 25.1 Å². The summed E-state index contributed by atoms with van der Waals surface area (Å²) in [5.41, 5.74) is -1.05. The van der Waals surface area contributed by atoms with Crippen LogP contribution in [-0.4, -0.2) is 45.4 Å². The first-order chi connectivity index (χ1) is 15.7. The summed E-state index contributed by atoms with van der Waals surface area (Å²) >= 11 is 0. The molecule has 2 aromatic carbocycles. The lowest BCUT2D eigenvalue weighted by molar-refractivity contribution is -1.01. The summed E-state index contributed by atoms with van der Waals surface area (Å²) in [5.74, 6) is -2.19. The summed E-state index contributed by atoms with van der Waals surface area (Å²) in [6.45, 7) is 3.62. The van der Waals surface area contributed by atoms with Crippen LogP contribution in [0.3, 0.4) is 0 Å². The monoisotopic (exact) mass is 466 g/mol. The minimum absolute atomic E-state index is 0.0244. The molecule has 33 heavy (non-hydrogen) atoms. The van der Waals surface area contributed by atoms with E-state index in [0.717, 1.165) is 31.1 Å². The standard InChI is InChI=1S/C23H23F3N2O5/c1-27-9-11-28(12-10-27)13-17-18(29)8-7-16-19(30)21(22(23(24,25)26)33-20(16)17)32-15-5-3-14(31-2)4-6-15/h3-8,29H,9-13H2,1-2H3/p+2. The number of quaternary nitrogens is 2. The Labute approximate surface area is 187 Å². The van der Waals surface area contributed by atoms with Crippen LogP contribution >= 0.6 is 0 Å². The first kappa shape index (κ1) is 22.9. The van der Waals surface area contributed by atoms with Gasteiger partial charge in [-0.25, -0.2) is 0 Å². The van der Waals surface area contributed by atoms with Crippen molar-refractivity contribution >= 4 is 11.0 Å². The summed E-state index contributed by atoms with van der Waals surface area (Å²) in [7, 11) is 3.53. The highest BCUT2D eigenvalue weighted by molar-refractivity contribution is 5.83. The number of aromatic hydroxyl groups is 1. The van der Waals surface area contributed by atoms with E-state index < -0.39 is 23.1 Å². The maximum Gasteiger partial charge on any atom is 0.453 e. The molecular formula is C23H25F3N2O5+2. The summed E-state index contributed by atoms with van der Waals surface area (Å²) in [5, 5.41) is 10.3. The van der Waals surface area contributed by atoms with Crippen LogP contribution in [0.5, 0.6) is 23.0 Å². The number of ether oxygens (including phenoxy) is 2. The molecule has 0 aliphatic carbocycles. The van der Waals surface area contributed by atoms with Crippen LogP contribution in [-0.2, 0) is 12.7 Å². The number of rotatable bonds is 5. The van der Waals surface area contributed by atoms with Crippen LogP contribution in [0, 0.1) is 0 Å². The van der Waals surface area contributed by atoms with E-state index in [1.165, 1.54) is 48.4 Å². The second-order valence-electron chi connectivity index (χ2n) is 8.19. The number of halogens is 3. The molecule has 176 valence electrons. The van der Waals surface area contributed by atoms with Gasteiger partial charge in [-0.2, -0.15) is 13.2 Å². The molecule has 1 aliphatic heterocycles. The molecule has 0 unspecified atom stereocenters. The van der Waals surface area contributed by atoms with Crippen LogP contribution < -0.4 is 24.7 Å². The van der Waals surface area contributed by atoms with E-state index in [4.69, 9.17) is 13.9 Å². The van der Waals surface area contributed by atoms with Gasteiger partial charge >= 0.3 is 6.18 Å². The van der Waals surface area contributed by atoms with Crippen molar-refractivity contribution in [3.8, 4) is 23.0 Å². The Kier molecular flexibility index (Phi) is 6.22. The van der Waals surface area contributed by atoms with E-state index in [1.54, 1.807) is 0 Å². The molecule has 0 amide bonds. The van der Waals surface area contributed by atoms with Gasteiger partial charge in [0.15, 0.2) is 5.58 Å². The first-order valence-corrected chi connectivity index (χ1v) is 10.5. The molecule has 0 bridgehead atoms. The highest BCUT2D eigenvalue weighted by atomic mass is 19.4. The van der Waals surface area contributed by atoms with E-state index >= 15 is 0 Å². The molecule has 2 heterocycles. The van der Waals surface area contributed by atoms with Gasteiger partial charge in [-0.3, -0.25) is 4.79 Å². The van der Waals surface area contributed by atoms with Gasteiger partial charge in [0.25, 0.3) is 5.76 Å². The fourth-order valence-corrected chi connectivity index (χ4v) is 3.96. The third kappa shape index (κ3) is 4.76. The van der Waals surface area contributed by atoms with Crippen molar-refractivity contribution in [3.63, 3.8) is 0 Å². The predicted molar refractivity (Wildman–Crippen MR) is 113 cm³/mol. The summed E-state index contributed by atoms with van der Waals surface area (Å²) < 4.78 is 57.4. The zero-order valence-electron chi connectivity index (χ0n) is 18.2. The molecule has 0 radical (unpaired) electrons. The quantitative estimate of drug-likeness (QED) is 0.528. The van der Waals surface area contributed by atoms with Crippen LogP contribution in [0.15, 0.2) is 45.6 Å². The highest BCUT2D eigenvalue weighted by Gasteiger charge is 2.41. The molecule has 3 N–H and O–H groups in total. The largest absolute Gasteiger partial charge is 0.507 e. The molecule has 1 aliphatic rings. The topological polar surface area (TPSA) is 77.8 Å². The number of methoxy groups -OCH3 is 1. The minimum atomic E-state index is -4.98. The van der Waals surface area contributed by atoms with Gasteiger partial charge < -0.3 is 28.8 Å². The van der Waals surface area contributed by atoms with Crippen molar-refractivity contribution in [2.24, 2.45) is 0 Å². The smallest absolute Gasteiger partial charge is 0.453 e. The van der Waals surface area contributed by atoms with E-state index in [1.807, 2.05) is 0 Å². The Hall–Kier alpha value is -3.24. The SMILES string of the molecule is COc1ccc(Oc2c(C(F)(F)F)oc3c(C[NH+]4CC[NH+](C)CC4)c(O)ccc3c2=O)cc1. The molecular weight excluding hydrogens is 441 g/mol. The Balaban J connectivity index is 1.81. The van der Waals surface area contributed by atoms with Gasteiger partial charge in [0, 0.05) is 0 Å². The Morgan fingerprint density at radius 2 is 1.67 bits per heavy atom. The number of phenols is 1. The summed E-state index contributed by atoms with van der Waals surface area (Å²) in [4.78, 5) is 15.6. The molecule has 0 spiro atoms. The van der Waals surface area contributed by atoms with E-state index in [-0.39, 0.29) is 34.6 Å². The van der Waals surface area contributed by atoms with Crippen LogP contribution in [0.4, 0.5) is 13.2 Å². The van der Waals surface area contributed by atoms with Gasteiger partial charge in [0.2, 0.25) is 11.2 Å². The van der Waals surface area contributed by atoms with Crippen molar-refractivity contribution in [1.82, 2.24) is 0 Å².